The third-order valence-electron chi connectivity index (χ3n) is 4.49. The molecule has 3 rings (SSSR count). The van der Waals surface area contributed by atoms with Crippen molar-refractivity contribution in [2.24, 2.45) is 15.9 Å². The molecule has 4 N–H and O–H groups in total. The highest BCUT2D eigenvalue weighted by atomic mass is 32.2. The average Bonchev–Trinajstić information content (AvgIpc) is 3.25. The van der Waals surface area contributed by atoms with E-state index in [2.05, 4.69) is 9.98 Å². The summed E-state index contributed by atoms with van der Waals surface area (Å²) in [6.45, 7) is -0.103. The highest BCUT2D eigenvalue weighted by Crippen LogP contribution is 2.30. The van der Waals surface area contributed by atoms with Crippen LogP contribution >= 0.6 is 0 Å². The zero-order chi connectivity index (χ0) is 24.2. The maximum Gasteiger partial charge on any atom is 0.416 e. The fraction of sp³-hybridized carbons (Fsp3) is 0.143. The van der Waals surface area contributed by atoms with E-state index in [1.54, 1.807) is 6.07 Å². The van der Waals surface area contributed by atoms with E-state index < -0.39 is 21.8 Å². The molecule has 33 heavy (non-hydrogen) atoms. The lowest BCUT2D eigenvalue weighted by atomic mass is 10.1. The number of sulfonamides is 1. The van der Waals surface area contributed by atoms with Gasteiger partial charge in [-0.3, -0.25) is 4.99 Å². The molecule has 174 valence electrons. The van der Waals surface area contributed by atoms with Crippen LogP contribution in [0.25, 0.3) is 17.0 Å². The Bertz CT molecular complexity index is 1300. The number of oxazole rings is 1. The molecule has 0 aliphatic carbocycles. The van der Waals surface area contributed by atoms with Crippen LogP contribution < -0.4 is 15.6 Å². The first kappa shape index (κ1) is 24.0. The van der Waals surface area contributed by atoms with Gasteiger partial charge in [0.2, 0.25) is 15.9 Å². The Labute approximate surface area is 187 Å². The lowest BCUT2D eigenvalue weighted by Crippen LogP contribution is -2.15. The Morgan fingerprint density at radius 2 is 1.91 bits per heavy atom. The van der Waals surface area contributed by atoms with Gasteiger partial charge in [0, 0.05) is 24.4 Å². The number of nitrogens with zero attached hydrogens (tertiary/aromatic N) is 2. The SMILES string of the molecule is CN=C(COc1ccc(C(F)(F)F)cc1)C(=CN)c1coc(-c2cccc(S(N)(=O)=O)c2)n1. The first-order valence-corrected chi connectivity index (χ1v) is 10.8. The monoisotopic (exact) mass is 480 g/mol. The number of alkyl halides is 3. The van der Waals surface area contributed by atoms with E-state index in [9.17, 15) is 21.6 Å². The average molecular weight is 480 g/mol. The topological polar surface area (TPSA) is 134 Å². The number of hydrogen-bond donors (Lipinski definition) is 2. The van der Waals surface area contributed by atoms with E-state index in [-0.39, 0.29) is 23.1 Å². The minimum Gasteiger partial charge on any atom is -0.487 e. The van der Waals surface area contributed by atoms with E-state index in [0.717, 1.165) is 12.1 Å². The molecule has 2 aromatic carbocycles. The van der Waals surface area contributed by atoms with Crippen LogP contribution in [0.3, 0.4) is 0 Å². The molecule has 0 unspecified atom stereocenters. The molecule has 0 saturated heterocycles. The number of rotatable bonds is 7. The van der Waals surface area contributed by atoms with Crippen LogP contribution in [0.5, 0.6) is 5.75 Å². The summed E-state index contributed by atoms with van der Waals surface area (Å²) in [7, 11) is -2.42. The van der Waals surface area contributed by atoms with Gasteiger partial charge >= 0.3 is 6.18 Å². The molecule has 1 heterocycles. The first-order chi connectivity index (χ1) is 15.5. The second-order valence-electron chi connectivity index (χ2n) is 6.67. The largest absolute Gasteiger partial charge is 0.487 e. The van der Waals surface area contributed by atoms with Gasteiger partial charge in [-0.1, -0.05) is 6.07 Å². The van der Waals surface area contributed by atoms with Crippen LogP contribution in [0.2, 0.25) is 0 Å². The van der Waals surface area contributed by atoms with Gasteiger partial charge in [-0.05, 0) is 42.5 Å². The lowest BCUT2D eigenvalue weighted by Gasteiger charge is -2.11. The number of ether oxygens (including phenoxy) is 1. The lowest BCUT2D eigenvalue weighted by molar-refractivity contribution is -0.137. The van der Waals surface area contributed by atoms with Crippen molar-refractivity contribution >= 4 is 21.3 Å². The van der Waals surface area contributed by atoms with Crippen molar-refractivity contribution in [2.75, 3.05) is 13.7 Å². The number of aromatic nitrogens is 1. The highest BCUT2D eigenvalue weighted by molar-refractivity contribution is 7.89. The van der Waals surface area contributed by atoms with Crippen LogP contribution in [0.4, 0.5) is 13.2 Å². The van der Waals surface area contributed by atoms with Gasteiger partial charge in [0.05, 0.1) is 16.2 Å². The molecule has 1 aromatic heterocycles. The molecule has 0 saturated carbocycles. The number of hydrogen-bond acceptors (Lipinski definition) is 7. The fourth-order valence-electron chi connectivity index (χ4n) is 2.82. The van der Waals surface area contributed by atoms with Gasteiger partial charge in [-0.25, -0.2) is 18.5 Å². The number of primary sulfonamides is 1. The Balaban J connectivity index is 1.78. The third-order valence-corrected chi connectivity index (χ3v) is 5.41. The van der Waals surface area contributed by atoms with Crippen molar-refractivity contribution in [3.05, 3.63) is 72.3 Å². The Hall–Kier alpha value is -3.64. The van der Waals surface area contributed by atoms with Crippen molar-refractivity contribution in [2.45, 2.75) is 11.1 Å². The molecule has 0 aliphatic rings. The Kier molecular flexibility index (Phi) is 6.89. The first-order valence-electron chi connectivity index (χ1n) is 9.30. The minimum absolute atomic E-state index is 0.102. The molecule has 3 aromatic rings. The van der Waals surface area contributed by atoms with E-state index >= 15 is 0 Å². The van der Waals surface area contributed by atoms with Crippen molar-refractivity contribution < 1.29 is 30.7 Å². The third kappa shape index (κ3) is 5.79. The van der Waals surface area contributed by atoms with Crippen LogP contribution in [0, 0.1) is 0 Å². The predicted molar refractivity (Wildman–Crippen MR) is 116 cm³/mol. The molecular weight excluding hydrogens is 461 g/mol. The summed E-state index contributed by atoms with van der Waals surface area (Å²) in [5, 5.41) is 5.16. The predicted octanol–water partition coefficient (Wildman–Crippen LogP) is 3.46. The summed E-state index contributed by atoms with van der Waals surface area (Å²) >= 11 is 0. The quantitative estimate of drug-likeness (QED) is 0.498. The number of nitrogens with two attached hydrogens (primary N) is 2. The fourth-order valence-corrected chi connectivity index (χ4v) is 3.38. The summed E-state index contributed by atoms with van der Waals surface area (Å²) in [6.07, 6.45) is -1.90. The second kappa shape index (κ2) is 9.46. The van der Waals surface area contributed by atoms with Gasteiger partial charge in [0.1, 0.15) is 24.3 Å². The number of benzene rings is 2. The summed E-state index contributed by atoms with van der Waals surface area (Å²) in [5.74, 6) is 0.329. The molecule has 8 nitrogen and oxygen atoms in total. The maximum absolute atomic E-state index is 12.7. The summed E-state index contributed by atoms with van der Waals surface area (Å²) < 4.78 is 72.3. The van der Waals surface area contributed by atoms with Gasteiger partial charge in [-0.2, -0.15) is 13.2 Å². The van der Waals surface area contributed by atoms with Gasteiger partial charge < -0.3 is 14.9 Å². The van der Waals surface area contributed by atoms with Crippen LogP contribution in [-0.2, 0) is 16.2 Å². The van der Waals surface area contributed by atoms with E-state index in [0.29, 0.717) is 22.5 Å². The highest BCUT2D eigenvalue weighted by Gasteiger charge is 2.30. The summed E-state index contributed by atoms with van der Waals surface area (Å²) in [6, 6.07) is 9.99. The van der Waals surface area contributed by atoms with Crippen LogP contribution in [0.1, 0.15) is 11.3 Å². The normalized spacial score (nSPS) is 13.2. The molecular formula is C21H19F3N4O4S. The number of aliphatic imine (C=N–C) groups is 1. The number of halogens is 3. The van der Waals surface area contributed by atoms with E-state index in [4.69, 9.17) is 20.0 Å². The summed E-state index contributed by atoms with van der Waals surface area (Å²) in [5.41, 5.74) is 6.35. The summed E-state index contributed by atoms with van der Waals surface area (Å²) in [4.78, 5) is 8.35. The Morgan fingerprint density at radius 3 is 2.48 bits per heavy atom. The minimum atomic E-state index is -4.44. The standard InChI is InChI=1S/C21H19F3N4O4S/c1-27-18(11-31-15-7-5-14(6-8-15)21(22,23)24)17(10-25)19-12-32-20(28-19)13-3-2-4-16(9-13)33(26,29)30/h2-10,12H,11,25H2,1H3,(H2,26,29,30). The molecule has 0 atom stereocenters. The molecule has 0 amide bonds. The second-order valence-corrected chi connectivity index (χ2v) is 8.23. The van der Waals surface area contributed by atoms with Crippen LogP contribution in [0.15, 0.2) is 75.3 Å². The van der Waals surface area contributed by atoms with Gasteiger partial charge in [0.25, 0.3) is 0 Å². The maximum atomic E-state index is 12.7. The molecule has 0 spiro atoms. The molecule has 0 fully saturated rings. The molecule has 0 radical (unpaired) electrons. The van der Waals surface area contributed by atoms with Gasteiger partial charge in [0.15, 0.2) is 0 Å². The van der Waals surface area contributed by atoms with E-state index in [1.807, 2.05) is 0 Å². The smallest absolute Gasteiger partial charge is 0.416 e. The molecule has 0 bridgehead atoms. The van der Waals surface area contributed by atoms with E-state index in [1.165, 1.54) is 49.8 Å². The zero-order valence-electron chi connectivity index (χ0n) is 17.2. The van der Waals surface area contributed by atoms with Crippen LogP contribution in [-0.4, -0.2) is 32.8 Å². The molecule has 12 heteroatoms. The van der Waals surface area contributed by atoms with Crippen molar-refractivity contribution in [3.63, 3.8) is 0 Å². The Morgan fingerprint density at radius 1 is 1.21 bits per heavy atom. The van der Waals surface area contributed by atoms with Gasteiger partial charge in [-0.15, -0.1) is 0 Å². The van der Waals surface area contributed by atoms with Crippen molar-refractivity contribution in [3.8, 4) is 17.2 Å². The zero-order valence-corrected chi connectivity index (χ0v) is 18.0. The van der Waals surface area contributed by atoms with Crippen molar-refractivity contribution in [1.29, 1.82) is 0 Å². The molecule has 0 aliphatic heterocycles. The van der Waals surface area contributed by atoms with Crippen molar-refractivity contribution in [1.82, 2.24) is 4.98 Å².